The largest absolute Gasteiger partial charge is 0.377 e. The molecule has 0 aromatic heterocycles. The molecule has 2 heteroatoms. The van der Waals surface area contributed by atoms with E-state index in [9.17, 15) is 0 Å². The summed E-state index contributed by atoms with van der Waals surface area (Å²) in [7, 11) is 2.21. The van der Waals surface area contributed by atoms with Crippen molar-refractivity contribution in [1.82, 2.24) is 4.90 Å². The summed E-state index contributed by atoms with van der Waals surface area (Å²) in [5.74, 6) is 0.811. The van der Waals surface area contributed by atoms with Crippen molar-refractivity contribution in [2.75, 3.05) is 13.7 Å². The standard InChI is InChI=1S/C11H23NO/c1-8(2)13-7-11-6-9(3)10(4)12(11)5/h8-11H,6-7H2,1-5H3/t9-,10-,11+/m1/s1. The lowest BCUT2D eigenvalue weighted by molar-refractivity contribution is 0.0383. The van der Waals surface area contributed by atoms with Crippen LogP contribution in [0.15, 0.2) is 0 Å². The second kappa shape index (κ2) is 4.43. The zero-order valence-electron chi connectivity index (χ0n) is 9.58. The third-order valence-electron chi connectivity index (χ3n) is 3.31. The molecule has 0 saturated carbocycles. The molecule has 0 aromatic rings. The fourth-order valence-corrected chi connectivity index (χ4v) is 2.02. The summed E-state index contributed by atoms with van der Waals surface area (Å²) in [5, 5.41) is 0. The minimum Gasteiger partial charge on any atom is -0.377 e. The van der Waals surface area contributed by atoms with Crippen molar-refractivity contribution in [3.8, 4) is 0 Å². The van der Waals surface area contributed by atoms with E-state index in [2.05, 4.69) is 39.6 Å². The number of rotatable bonds is 3. The first kappa shape index (κ1) is 11.0. The van der Waals surface area contributed by atoms with E-state index in [1.165, 1.54) is 6.42 Å². The maximum Gasteiger partial charge on any atom is 0.0625 e. The van der Waals surface area contributed by atoms with E-state index in [1.54, 1.807) is 0 Å². The van der Waals surface area contributed by atoms with Crippen LogP contribution in [0.3, 0.4) is 0 Å². The molecule has 2 nitrogen and oxygen atoms in total. The summed E-state index contributed by atoms with van der Waals surface area (Å²) in [4.78, 5) is 2.45. The Bertz CT molecular complexity index is 158. The molecule has 78 valence electrons. The molecule has 1 rings (SSSR count). The van der Waals surface area contributed by atoms with Crippen molar-refractivity contribution in [2.24, 2.45) is 5.92 Å². The molecular formula is C11H23NO. The van der Waals surface area contributed by atoms with Gasteiger partial charge in [0.1, 0.15) is 0 Å². The highest BCUT2D eigenvalue weighted by atomic mass is 16.5. The zero-order valence-corrected chi connectivity index (χ0v) is 9.58. The summed E-state index contributed by atoms with van der Waals surface area (Å²) in [6, 6.07) is 1.34. The Hall–Kier alpha value is -0.0800. The average molecular weight is 185 g/mol. The monoisotopic (exact) mass is 185 g/mol. The SMILES string of the molecule is CC(C)OC[C@@H]1C[C@@H](C)[C@@H](C)N1C. The minimum absolute atomic E-state index is 0.361. The second-order valence-electron chi connectivity index (χ2n) is 4.65. The number of hydrogen-bond acceptors (Lipinski definition) is 2. The maximum absolute atomic E-state index is 5.65. The van der Waals surface area contributed by atoms with Crippen LogP contribution in [0.5, 0.6) is 0 Å². The molecule has 1 heterocycles. The Morgan fingerprint density at radius 3 is 2.38 bits per heavy atom. The summed E-state index contributed by atoms with van der Waals surface area (Å²) >= 11 is 0. The quantitative estimate of drug-likeness (QED) is 0.668. The van der Waals surface area contributed by atoms with Gasteiger partial charge in [-0.25, -0.2) is 0 Å². The van der Waals surface area contributed by atoms with Gasteiger partial charge in [0.15, 0.2) is 0 Å². The van der Waals surface area contributed by atoms with Gasteiger partial charge in [0.2, 0.25) is 0 Å². The molecule has 1 fully saturated rings. The summed E-state index contributed by atoms with van der Waals surface area (Å²) in [5.41, 5.74) is 0. The molecule has 0 radical (unpaired) electrons. The van der Waals surface area contributed by atoms with E-state index in [0.29, 0.717) is 18.2 Å². The van der Waals surface area contributed by atoms with E-state index in [0.717, 1.165) is 12.5 Å². The van der Waals surface area contributed by atoms with Crippen LogP contribution in [0.1, 0.15) is 34.1 Å². The van der Waals surface area contributed by atoms with Crippen LogP contribution in [-0.4, -0.2) is 36.7 Å². The number of hydrogen-bond donors (Lipinski definition) is 0. The highest BCUT2D eigenvalue weighted by Gasteiger charge is 2.33. The van der Waals surface area contributed by atoms with Crippen LogP contribution in [0, 0.1) is 5.92 Å². The molecule has 0 bridgehead atoms. The van der Waals surface area contributed by atoms with Gasteiger partial charge in [0.25, 0.3) is 0 Å². The minimum atomic E-state index is 0.361. The zero-order chi connectivity index (χ0) is 10.0. The lowest BCUT2D eigenvalue weighted by Crippen LogP contribution is -2.34. The van der Waals surface area contributed by atoms with Gasteiger partial charge in [-0.1, -0.05) is 6.92 Å². The highest BCUT2D eigenvalue weighted by Crippen LogP contribution is 2.27. The first-order valence-corrected chi connectivity index (χ1v) is 5.36. The molecule has 1 saturated heterocycles. The fraction of sp³-hybridized carbons (Fsp3) is 1.00. The van der Waals surface area contributed by atoms with Crippen molar-refractivity contribution in [2.45, 2.75) is 52.3 Å². The lowest BCUT2D eigenvalue weighted by atomic mass is 10.0. The van der Waals surface area contributed by atoms with Crippen molar-refractivity contribution >= 4 is 0 Å². The Kier molecular flexibility index (Phi) is 3.74. The number of ether oxygens (including phenoxy) is 1. The smallest absolute Gasteiger partial charge is 0.0625 e. The number of likely N-dealkylation sites (N-methyl/N-ethyl adjacent to an activating group) is 1. The molecule has 0 N–H and O–H groups in total. The predicted molar refractivity (Wildman–Crippen MR) is 55.9 cm³/mol. The molecule has 1 aliphatic heterocycles. The second-order valence-corrected chi connectivity index (χ2v) is 4.65. The Morgan fingerprint density at radius 1 is 1.38 bits per heavy atom. The highest BCUT2D eigenvalue weighted by molar-refractivity contribution is 4.87. The lowest BCUT2D eigenvalue weighted by Gasteiger charge is -2.24. The van der Waals surface area contributed by atoms with Gasteiger partial charge in [-0.2, -0.15) is 0 Å². The molecule has 13 heavy (non-hydrogen) atoms. The van der Waals surface area contributed by atoms with Gasteiger partial charge >= 0.3 is 0 Å². The fourth-order valence-electron chi connectivity index (χ4n) is 2.02. The van der Waals surface area contributed by atoms with Crippen molar-refractivity contribution < 1.29 is 4.74 Å². The van der Waals surface area contributed by atoms with Crippen LogP contribution in [0.4, 0.5) is 0 Å². The predicted octanol–water partition coefficient (Wildman–Crippen LogP) is 2.14. The number of nitrogens with zero attached hydrogens (tertiary/aromatic N) is 1. The van der Waals surface area contributed by atoms with Crippen LogP contribution in [0.25, 0.3) is 0 Å². The molecule has 1 aliphatic rings. The van der Waals surface area contributed by atoms with Gasteiger partial charge in [0.05, 0.1) is 12.7 Å². The molecular weight excluding hydrogens is 162 g/mol. The first-order chi connectivity index (χ1) is 6.02. The van der Waals surface area contributed by atoms with E-state index in [-0.39, 0.29) is 0 Å². The summed E-state index contributed by atoms with van der Waals surface area (Å²) < 4.78 is 5.65. The third kappa shape index (κ3) is 2.68. The Labute approximate surface area is 82.3 Å². The van der Waals surface area contributed by atoms with Crippen LogP contribution < -0.4 is 0 Å². The van der Waals surface area contributed by atoms with Crippen LogP contribution in [-0.2, 0) is 4.74 Å². The number of likely N-dealkylation sites (tertiary alicyclic amines) is 1. The van der Waals surface area contributed by atoms with Crippen molar-refractivity contribution in [3.63, 3.8) is 0 Å². The van der Waals surface area contributed by atoms with Crippen LogP contribution in [0.2, 0.25) is 0 Å². The van der Waals surface area contributed by atoms with Gasteiger partial charge in [-0.3, -0.25) is 4.90 Å². The Balaban J connectivity index is 2.35. The maximum atomic E-state index is 5.65. The van der Waals surface area contributed by atoms with Crippen molar-refractivity contribution in [3.05, 3.63) is 0 Å². The molecule has 0 aromatic carbocycles. The van der Waals surface area contributed by atoms with E-state index < -0.39 is 0 Å². The molecule has 3 atom stereocenters. The van der Waals surface area contributed by atoms with Crippen LogP contribution >= 0.6 is 0 Å². The average Bonchev–Trinajstić information content (AvgIpc) is 2.29. The van der Waals surface area contributed by atoms with Crippen molar-refractivity contribution in [1.29, 1.82) is 0 Å². The van der Waals surface area contributed by atoms with Gasteiger partial charge in [0, 0.05) is 12.1 Å². The molecule has 0 unspecified atom stereocenters. The normalized spacial score (nSPS) is 36.0. The third-order valence-corrected chi connectivity index (χ3v) is 3.31. The van der Waals surface area contributed by atoms with E-state index in [1.807, 2.05) is 0 Å². The van der Waals surface area contributed by atoms with E-state index in [4.69, 9.17) is 4.74 Å². The molecule has 0 spiro atoms. The molecule has 0 amide bonds. The summed E-state index contributed by atoms with van der Waals surface area (Å²) in [6.45, 7) is 9.73. The Morgan fingerprint density at radius 2 is 2.00 bits per heavy atom. The topological polar surface area (TPSA) is 12.5 Å². The van der Waals surface area contributed by atoms with E-state index >= 15 is 0 Å². The van der Waals surface area contributed by atoms with Gasteiger partial charge in [-0.05, 0) is 40.2 Å². The molecule has 0 aliphatic carbocycles. The van der Waals surface area contributed by atoms with Gasteiger partial charge < -0.3 is 4.74 Å². The van der Waals surface area contributed by atoms with Gasteiger partial charge in [-0.15, -0.1) is 0 Å². The first-order valence-electron chi connectivity index (χ1n) is 5.36. The summed E-state index contributed by atoms with van der Waals surface area (Å²) in [6.07, 6.45) is 1.64.